The molecule has 0 bridgehead atoms. The first kappa shape index (κ1) is 22.9. The van der Waals surface area contributed by atoms with Gasteiger partial charge in [-0.25, -0.2) is 18.1 Å². The minimum absolute atomic E-state index is 0.657. The fourth-order valence-electron chi connectivity index (χ4n) is 1.78. The molecule has 0 amide bonds. The van der Waals surface area contributed by atoms with Gasteiger partial charge >= 0.3 is 23.5 Å². The van der Waals surface area contributed by atoms with Crippen LogP contribution in [-0.2, 0) is 36.1 Å². The van der Waals surface area contributed by atoms with Gasteiger partial charge in [0.15, 0.2) is 0 Å². The number of phosphoric acid groups is 3. The average Bonchev–Trinajstić information content (AvgIpc) is 2.67. The maximum absolute atomic E-state index is 14.2. The lowest BCUT2D eigenvalue weighted by Gasteiger charge is -2.21. The number of hydrogen-bond donors (Lipinski definition) is 4. The highest BCUT2D eigenvalue weighted by atomic mass is 31.3. The minimum Gasteiger partial charge on any atom is -0.386 e. The molecule has 25 heavy (non-hydrogen) atoms. The number of hydrogen-bond acceptors (Lipinski definition) is 9. The van der Waals surface area contributed by atoms with Crippen LogP contribution < -0.4 is 0 Å². The summed E-state index contributed by atoms with van der Waals surface area (Å²) in [4.78, 5) is 27.4. The summed E-state index contributed by atoms with van der Waals surface area (Å²) in [6.07, 6.45) is 1.55. The molecule has 0 aliphatic carbocycles. The topological polar surface area (TPSA) is 178 Å². The summed E-state index contributed by atoms with van der Waals surface area (Å²) in [7, 11) is -14.1. The van der Waals surface area contributed by atoms with Crippen molar-refractivity contribution in [2.24, 2.45) is 0 Å². The zero-order valence-electron chi connectivity index (χ0n) is 12.8. The van der Waals surface area contributed by atoms with Gasteiger partial charge in [-0.05, 0) is 0 Å². The van der Waals surface area contributed by atoms with Gasteiger partial charge in [0.2, 0.25) is 5.67 Å². The zero-order chi connectivity index (χ0) is 19.7. The van der Waals surface area contributed by atoms with Crippen LogP contribution in [-0.4, -0.2) is 65.2 Å². The Morgan fingerprint density at radius 1 is 1.24 bits per heavy atom. The van der Waals surface area contributed by atoms with E-state index >= 15 is 0 Å². The molecule has 1 fully saturated rings. The van der Waals surface area contributed by atoms with Crippen LogP contribution in [0.1, 0.15) is 0 Å². The summed E-state index contributed by atoms with van der Waals surface area (Å²) < 4.78 is 68.7. The maximum Gasteiger partial charge on any atom is 0.490 e. The van der Waals surface area contributed by atoms with E-state index in [4.69, 9.17) is 20.9 Å². The van der Waals surface area contributed by atoms with Crippen LogP contribution in [0.2, 0.25) is 0 Å². The zero-order valence-corrected chi connectivity index (χ0v) is 15.5. The summed E-state index contributed by atoms with van der Waals surface area (Å²) in [6, 6.07) is -1.27. The number of alkyl halides is 1. The van der Waals surface area contributed by atoms with Gasteiger partial charge in [-0.1, -0.05) is 5.92 Å². The predicted molar refractivity (Wildman–Crippen MR) is 80.5 cm³/mol. The molecule has 144 valence electrons. The molecule has 0 radical (unpaired) electrons. The van der Waals surface area contributed by atoms with Crippen LogP contribution in [0.3, 0.4) is 0 Å². The molecule has 4 unspecified atom stereocenters. The van der Waals surface area contributed by atoms with Gasteiger partial charge in [0.1, 0.15) is 20.1 Å². The third kappa shape index (κ3) is 5.94. The van der Waals surface area contributed by atoms with Crippen molar-refractivity contribution >= 4 is 31.3 Å². The summed E-state index contributed by atoms with van der Waals surface area (Å²) in [5.74, 6) is 1.70. The van der Waals surface area contributed by atoms with Crippen LogP contribution >= 0.6 is 23.5 Å². The van der Waals surface area contributed by atoms with Crippen molar-refractivity contribution < 1.29 is 60.3 Å². The average molecular weight is 426 g/mol. The fraction of sp³-hybridized carbons (Fsp3) is 0.750. The van der Waals surface area contributed by atoms with Crippen molar-refractivity contribution in [3.05, 3.63) is 0 Å². The predicted octanol–water partition coefficient (Wildman–Crippen LogP) is -0.956. The lowest BCUT2D eigenvalue weighted by molar-refractivity contribution is -0.00795. The third-order valence-electron chi connectivity index (χ3n) is 3.02. The number of aliphatic hydroxyl groups excluding tert-OH is 1. The second-order valence-electron chi connectivity index (χ2n) is 4.72. The number of halogens is 1. The van der Waals surface area contributed by atoms with Crippen LogP contribution in [0.25, 0.3) is 0 Å². The highest BCUT2D eigenvalue weighted by Crippen LogP contribution is 2.67. The first-order valence-electron chi connectivity index (χ1n) is 6.29. The van der Waals surface area contributed by atoms with Gasteiger partial charge in [-0.2, -0.15) is 8.62 Å². The molecule has 0 spiro atoms. The SMILES string of the molecule is B[C@@H]1O[C@H](COP(=O)(O)OP(=O)(O)OP(=O)(O)OC)[C@H](O)C1(F)C#C. The fourth-order valence-corrected chi connectivity index (χ4v) is 5.04. The number of phosphoric ester groups is 2. The Balaban J connectivity index is 2.71. The van der Waals surface area contributed by atoms with Crippen molar-refractivity contribution in [2.45, 2.75) is 23.9 Å². The summed E-state index contributed by atoms with van der Waals surface area (Å²) in [5.41, 5.74) is -2.58. The quantitative estimate of drug-likeness (QED) is 0.213. The Bertz CT molecular complexity index is 682. The molecule has 0 aromatic carbocycles. The lowest BCUT2D eigenvalue weighted by atomic mass is 9.82. The molecule has 1 heterocycles. The molecular formula is C8H15BFO12P3. The van der Waals surface area contributed by atoms with E-state index in [0.29, 0.717) is 7.11 Å². The maximum atomic E-state index is 14.2. The monoisotopic (exact) mass is 426 g/mol. The molecule has 1 aliphatic rings. The molecule has 12 nitrogen and oxygen atoms in total. The number of rotatable bonds is 8. The largest absolute Gasteiger partial charge is 0.490 e. The second kappa shape index (κ2) is 7.86. The lowest BCUT2D eigenvalue weighted by Crippen LogP contribution is -2.43. The van der Waals surface area contributed by atoms with E-state index in [1.165, 1.54) is 7.85 Å². The van der Waals surface area contributed by atoms with Crippen LogP contribution in [0.5, 0.6) is 0 Å². The van der Waals surface area contributed by atoms with E-state index in [0.717, 1.165) is 0 Å². The molecule has 0 aromatic rings. The molecular weight excluding hydrogens is 411 g/mol. The van der Waals surface area contributed by atoms with E-state index in [9.17, 15) is 28.1 Å². The van der Waals surface area contributed by atoms with Crippen LogP contribution in [0.15, 0.2) is 0 Å². The Morgan fingerprint density at radius 2 is 1.76 bits per heavy atom. The minimum atomic E-state index is -5.56. The van der Waals surface area contributed by atoms with Crippen LogP contribution in [0.4, 0.5) is 4.39 Å². The highest BCUT2D eigenvalue weighted by Gasteiger charge is 2.54. The normalized spacial score (nSPS) is 36.8. The second-order valence-corrected chi connectivity index (χ2v) is 9.46. The van der Waals surface area contributed by atoms with E-state index < -0.39 is 54.0 Å². The van der Waals surface area contributed by atoms with Crippen molar-refractivity contribution in [1.29, 1.82) is 0 Å². The van der Waals surface area contributed by atoms with E-state index in [-0.39, 0.29) is 0 Å². The molecule has 17 heteroatoms. The van der Waals surface area contributed by atoms with E-state index in [2.05, 4.69) is 17.7 Å². The van der Waals surface area contributed by atoms with Crippen molar-refractivity contribution in [3.8, 4) is 12.3 Å². The molecule has 0 saturated carbocycles. The Kier molecular flexibility index (Phi) is 7.21. The molecule has 1 saturated heterocycles. The summed E-state index contributed by atoms with van der Waals surface area (Å²) >= 11 is 0. The molecule has 1 aliphatic heterocycles. The number of aliphatic hydroxyl groups is 1. The van der Waals surface area contributed by atoms with Gasteiger partial charge in [0.25, 0.3) is 0 Å². The summed E-state index contributed by atoms with van der Waals surface area (Å²) in [6.45, 7) is -0.965. The van der Waals surface area contributed by atoms with Gasteiger partial charge in [0.05, 0.1) is 12.6 Å². The van der Waals surface area contributed by atoms with Gasteiger partial charge in [-0.3, -0.25) is 9.05 Å². The van der Waals surface area contributed by atoms with Crippen molar-refractivity contribution in [2.75, 3.05) is 13.7 Å². The first-order chi connectivity index (χ1) is 11.2. The Labute approximate surface area is 142 Å². The summed E-state index contributed by atoms with van der Waals surface area (Å²) in [5, 5.41) is 9.74. The van der Waals surface area contributed by atoms with E-state index in [1.807, 2.05) is 0 Å². The Morgan fingerprint density at radius 3 is 2.20 bits per heavy atom. The van der Waals surface area contributed by atoms with E-state index in [1.54, 1.807) is 5.92 Å². The number of terminal acetylenes is 1. The molecule has 4 N–H and O–H groups in total. The standard InChI is InChI=1S/C8H15BFO12P3/c1-3-8(10)6(11)5(20-7(8)9)4-19-24(14,15)22-25(16,17)21-23(12,13)18-2/h1,5-7,11H,4,9H2,2H3,(H,12,13)(H,14,15)(H,16,17)/t5-,6+,7-,8?/m1/s1. The number of ether oxygens (including phenoxy) is 1. The van der Waals surface area contributed by atoms with Gasteiger partial charge in [0, 0.05) is 7.11 Å². The molecule has 0 aromatic heterocycles. The van der Waals surface area contributed by atoms with Gasteiger partial charge in [-0.15, -0.1) is 6.42 Å². The van der Waals surface area contributed by atoms with Gasteiger partial charge < -0.3 is 24.5 Å². The van der Waals surface area contributed by atoms with Crippen molar-refractivity contribution in [1.82, 2.24) is 0 Å². The Hall–Kier alpha value is -0.115. The first-order valence-corrected chi connectivity index (χ1v) is 10.8. The molecule has 1 rings (SSSR count). The van der Waals surface area contributed by atoms with Crippen molar-refractivity contribution in [3.63, 3.8) is 0 Å². The highest BCUT2D eigenvalue weighted by molar-refractivity contribution is 7.66. The molecule has 7 atom stereocenters. The smallest absolute Gasteiger partial charge is 0.386 e. The third-order valence-corrected chi connectivity index (χ3v) is 7.26. The van der Waals surface area contributed by atoms with Crippen LogP contribution in [0, 0.1) is 12.3 Å².